The molecule has 0 saturated carbocycles. The summed E-state index contributed by atoms with van der Waals surface area (Å²) in [6.45, 7) is 6.51. The van der Waals surface area contributed by atoms with Crippen LogP contribution in [-0.2, 0) is 21.2 Å². The average molecular weight is 416 g/mol. The number of nitrogens with zero attached hydrogens (tertiary/aromatic N) is 1. The zero-order valence-electron chi connectivity index (χ0n) is 17.3. The molecule has 0 bridgehead atoms. The Morgan fingerprint density at radius 3 is 2.48 bits per heavy atom. The Morgan fingerprint density at radius 1 is 1.17 bits per heavy atom. The van der Waals surface area contributed by atoms with Gasteiger partial charge >= 0.3 is 0 Å². The third-order valence-corrected chi connectivity index (χ3v) is 7.07. The van der Waals surface area contributed by atoms with Crippen molar-refractivity contribution in [2.45, 2.75) is 45.7 Å². The molecule has 0 aliphatic carbocycles. The van der Waals surface area contributed by atoms with Crippen molar-refractivity contribution < 1.29 is 17.9 Å². The lowest BCUT2D eigenvalue weighted by Crippen LogP contribution is -2.43. The summed E-state index contributed by atoms with van der Waals surface area (Å²) in [5.41, 5.74) is 3.28. The molecule has 1 atom stereocenters. The Morgan fingerprint density at radius 2 is 1.90 bits per heavy atom. The molecule has 5 nitrogen and oxygen atoms in total. The predicted molar refractivity (Wildman–Crippen MR) is 115 cm³/mol. The summed E-state index contributed by atoms with van der Waals surface area (Å²) in [4.78, 5) is 14.7. The van der Waals surface area contributed by atoms with Crippen LogP contribution in [0.15, 0.2) is 48.5 Å². The maximum atomic E-state index is 13.0. The molecule has 29 heavy (non-hydrogen) atoms. The Balaban J connectivity index is 1.74. The fourth-order valence-corrected chi connectivity index (χ4v) is 5.31. The lowest BCUT2D eigenvalue weighted by atomic mass is 10.0. The van der Waals surface area contributed by atoms with E-state index in [1.807, 2.05) is 43.3 Å². The van der Waals surface area contributed by atoms with Crippen molar-refractivity contribution in [3.05, 3.63) is 65.2 Å². The maximum Gasteiger partial charge on any atom is 0.261 e. The van der Waals surface area contributed by atoms with Crippen LogP contribution >= 0.6 is 0 Å². The van der Waals surface area contributed by atoms with Crippen molar-refractivity contribution in [2.24, 2.45) is 0 Å². The van der Waals surface area contributed by atoms with Gasteiger partial charge in [-0.05, 0) is 48.1 Å². The van der Waals surface area contributed by atoms with Gasteiger partial charge in [-0.1, -0.05) is 50.2 Å². The largest absolute Gasteiger partial charge is 0.484 e. The molecule has 1 aliphatic heterocycles. The summed E-state index contributed by atoms with van der Waals surface area (Å²) >= 11 is 0. The van der Waals surface area contributed by atoms with Crippen LogP contribution in [0, 0.1) is 6.92 Å². The number of ether oxygens (including phenoxy) is 1. The van der Waals surface area contributed by atoms with E-state index in [1.54, 1.807) is 4.90 Å². The molecule has 1 aliphatic rings. The molecule has 2 aromatic rings. The fraction of sp³-hybridized carbons (Fsp3) is 0.435. The smallest absolute Gasteiger partial charge is 0.261 e. The highest BCUT2D eigenvalue weighted by Crippen LogP contribution is 2.22. The standard InChI is InChI=1S/C23H29NO4S/c1-17(2)20-9-7-19(8-10-20)14-24(21-11-12-29(26,27)16-21)23(25)15-28-22-6-4-5-18(3)13-22/h4-10,13,17,21H,11-12,14-16H2,1-3H3. The van der Waals surface area contributed by atoms with Gasteiger partial charge in [0.2, 0.25) is 0 Å². The van der Waals surface area contributed by atoms with Crippen LogP contribution in [0.4, 0.5) is 0 Å². The van der Waals surface area contributed by atoms with Gasteiger partial charge in [0, 0.05) is 12.6 Å². The highest BCUT2D eigenvalue weighted by molar-refractivity contribution is 7.91. The normalized spacial score (nSPS) is 18.0. The molecule has 156 valence electrons. The average Bonchev–Trinajstić information content (AvgIpc) is 3.04. The van der Waals surface area contributed by atoms with Gasteiger partial charge in [-0.15, -0.1) is 0 Å². The van der Waals surface area contributed by atoms with Crippen molar-refractivity contribution in [1.29, 1.82) is 0 Å². The second kappa shape index (κ2) is 8.99. The van der Waals surface area contributed by atoms with E-state index in [0.717, 1.165) is 11.1 Å². The number of aryl methyl sites for hydroxylation is 1. The van der Waals surface area contributed by atoms with Crippen LogP contribution in [0.5, 0.6) is 5.75 Å². The van der Waals surface area contributed by atoms with Crippen LogP contribution in [-0.4, -0.2) is 43.4 Å². The molecular weight excluding hydrogens is 386 g/mol. The topological polar surface area (TPSA) is 63.7 Å². The summed E-state index contributed by atoms with van der Waals surface area (Å²) in [7, 11) is -3.09. The van der Waals surface area contributed by atoms with Gasteiger partial charge in [-0.25, -0.2) is 8.42 Å². The fourth-order valence-electron chi connectivity index (χ4n) is 3.58. The third-order valence-electron chi connectivity index (χ3n) is 5.32. The second-order valence-electron chi connectivity index (χ2n) is 8.08. The van der Waals surface area contributed by atoms with E-state index in [9.17, 15) is 13.2 Å². The summed E-state index contributed by atoms with van der Waals surface area (Å²) in [6.07, 6.45) is 0.475. The second-order valence-corrected chi connectivity index (χ2v) is 10.3. The minimum Gasteiger partial charge on any atom is -0.484 e. The zero-order chi connectivity index (χ0) is 21.0. The molecule has 0 N–H and O–H groups in total. The Bertz CT molecular complexity index is 951. The van der Waals surface area contributed by atoms with E-state index in [4.69, 9.17) is 4.74 Å². The first-order valence-corrected chi connectivity index (χ1v) is 11.8. The molecule has 3 rings (SSSR count). The first kappa shape index (κ1) is 21.4. The molecular formula is C23H29NO4S. The summed E-state index contributed by atoms with van der Waals surface area (Å²) < 4.78 is 29.7. The predicted octanol–water partition coefficient (Wildman–Crippen LogP) is 3.71. The van der Waals surface area contributed by atoms with E-state index < -0.39 is 9.84 Å². The lowest BCUT2D eigenvalue weighted by molar-refractivity contribution is -0.136. The number of benzene rings is 2. The highest BCUT2D eigenvalue weighted by Gasteiger charge is 2.34. The maximum absolute atomic E-state index is 13.0. The number of sulfone groups is 1. The van der Waals surface area contributed by atoms with Crippen LogP contribution in [0.1, 0.15) is 42.9 Å². The number of carbonyl (C=O) groups excluding carboxylic acids is 1. The monoisotopic (exact) mass is 415 g/mol. The van der Waals surface area contributed by atoms with Crippen LogP contribution in [0.25, 0.3) is 0 Å². The van der Waals surface area contributed by atoms with E-state index in [-0.39, 0.29) is 30.1 Å². The quantitative estimate of drug-likeness (QED) is 0.692. The first-order chi connectivity index (χ1) is 13.7. The summed E-state index contributed by atoms with van der Waals surface area (Å²) in [5, 5.41) is 0. The van der Waals surface area contributed by atoms with Crippen molar-refractivity contribution in [2.75, 3.05) is 18.1 Å². The van der Waals surface area contributed by atoms with Crippen LogP contribution in [0.2, 0.25) is 0 Å². The number of carbonyl (C=O) groups is 1. The van der Waals surface area contributed by atoms with Gasteiger partial charge < -0.3 is 9.64 Å². The minimum atomic E-state index is -3.09. The van der Waals surface area contributed by atoms with Crippen molar-refractivity contribution in [1.82, 2.24) is 4.90 Å². The Labute approximate surface area is 173 Å². The third kappa shape index (κ3) is 5.82. The van der Waals surface area contributed by atoms with Gasteiger partial charge in [0.1, 0.15) is 5.75 Å². The van der Waals surface area contributed by atoms with E-state index in [2.05, 4.69) is 26.0 Å². The number of hydrogen-bond acceptors (Lipinski definition) is 4. The molecule has 1 heterocycles. The molecule has 1 saturated heterocycles. The Kier molecular flexibility index (Phi) is 6.63. The molecule has 1 amide bonds. The molecule has 2 aromatic carbocycles. The molecule has 1 fully saturated rings. The van der Waals surface area contributed by atoms with Gasteiger partial charge in [0.05, 0.1) is 11.5 Å². The Hall–Kier alpha value is -2.34. The molecule has 0 spiro atoms. The van der Waals surface area contributed by atoms with Crippen molar-refractivity contribution in [3.8, 4) is 5.75 Å². The van der Waals surface area contributed by atoms with Gasteiger partial charge in [0.15, 0.2) is 16.4 Å². The zero-order valence-corrected chi connectivity index (χ0v) is 18.1. The van der Waals surface area contributed by atoms with Gasteiger partial charge in [-0.2, -0.15) is 0 Å². The summed E-state index contributed by atoms with van der Waals surface area (Å²) in [5.74, 6) is 1.03. The van der Waals surface area contributed by atoms with Crippen molar-refractivity contribution >= 4 is 15.7 Å². The SMILES string of the molecule is Cc1cccc(OCC(=O)N(Cc2ccc(C(C)C)cc2)C2CCS(=O)(=O)C2)c1. The number of rotatable bonds is 7. The lowest BCUT2D eigenvalue weighted by Gasteiger charge is -2.28. The minimum absolute atomic E-state index is 0.0211. The highest BCUT2D eigenvalue weighted by atomic mass is 32.2. The van der Waals surface area contributed by atoms with Gasteiger partial charge in [0.25, 0.3) is 5.91 Å². The molecule has 1 unspecified atom stereocenters. The van der Waals surface area contributed by atoms with Crippen molar-refractivity contribution in [3.63, 3.8) is 0 Å². The van der Waals surface area contributed by atoms with Gasteiger partial charge in [-0.3, -0.25) is 4.79 Å². The molecule has 6 heteroatoms. The molecule has 0 radical (unpaired) electrons. The van der Waals surface area contributed by atoms with E-state index in [1.165, 1.54) is 5.56 Å². The van der Waals surface area contributed by atoms with Crippen LogP contribution < -0.4 is 4.74 Å². The number of hydrogen-bond donors (Lipinski definition) is 0. The van der Waals surface area contributed by atoms with E-state index in [0.29, 0.717) is 24.6 Å². The van der Waals surface area contributed by atoms with Crippen LogP contribution in [0.3, 0.4) is 0 Å². The molecule has 0 aromatic heterocycles. The van der Waals surface area contributed by atoms with E-state index >= 15 is 0 Å². The number of amides is 1. The summed E-state index contributed by atoms with van der Waals surface area (Å²) in [6, 6.07) is 15.4. The first-order valence-electron chi connectivity index (χ1n) is 10.0.